The number of rotatable bonds is 10. The molecule has 0 N–H and O–H groups in total. The van der Waals surface area contributed by atoms with Crippen molar-refractivity contribution >= 4 is 0 Å². The summed E-state index contributed by atoms with van der Waals surface area (Å²) in [5, 5.41) is 0. The van der Waals surface area contributed by atoms with Crippen LogP contribution in [0.4, 0.5) is 0 Å². The van der Waals surface area contributed by atoms with E-state index in [-0.39, 0.29) is 0 Å². The molecule has 0 atom stereocenters. The first kappa shape index (κ1) is 15.0. The van der Waals surface area contributed by atoms with Gasteiger partial charge in [0.2, 0.25) is 0 Å². The molecule has 1 rings (SSSR count). The van der Waals surface area contributed by atoms with Crippen molar-refractivity contribution in [3.8, 4) is 5.75 Å². The van der Waals surface area contributed by atoms with Gasteiger partial charge < -0.3 is 9.47 Å². The van der Waals surface area contributed by atoms with Crippen LogP contribution in [0.5, 0.6) is 5.75 Å². The molecule has 0 aliphatic carbocycles. The molecule has 0 unspecified atom stereocenters. The van der Waals surface area contributed by atoms with Crippen LogP contribution in [0, 0.1) is 6.92 Å². The topological polar surface area (TPSA) is 18.5 Å². The van der Waals surface area contributed by atoms with Crippen LogP contribution in [-0.4, -0.2) is 20.3 Å². The van der Waals surface area contributed by atoms with Gasteiger partial charge in [-0.3, -0.25) is 0 Å². The maximum absolute atomic E-state index is 5.63. The van der Waals surface area contributed by atoms with E-state index in [1.165, 1.54) is 31.2 Å². The average Bonchev–Trinajstić information content (AvgIpc) is 2.42. The largest absolute Gasteiger partial charge is 0.497 e. The van der Waals surface area contributed by atoms with Crippen LogP contribution < -0.4 is 4.74 Å². The average molecular weight is 249 g/mol. The predicted molar refractivity (Wildman–Crippen MR) is 76.0 cm³/mol. The van der Waals surface area contributed by atoms with E-state index in [1.54, 1.807) is 7.11 Å². The van der Waals surface area contributed by atoms with Crippen LogP contribution in [0.3, 0.4) is 0 Å². The molecule has 0 amide bonds. The Kier molecular flexibility index (Phi) is 8.32. The summed E-state index contributed by atoms with van der Waals surface area (Å²) in [6, 6.07) is 8.18. The summed E-state index contributed by atoms with van der Waals surface area (Å²) in [6.07, 6.45) is 6.99. The molecule has 1 aromatic carbocycles. The zero-order valence-electron chi connectivity index (χ0n) is 11.5. The lowest BCUT2D eigenvalue weighted by atomic mass is 10.1. The van der Waals surface area contributed by atoms with E-state index in [9.17, 15) is 0 Å². The van der Waals surface area contributed by atoms with Crippen LogP contribution in [-0.2, 0) is 11.2 Å². The fourth-order valence-electron chi connectivity index (χ4n) is 1.82. The molecular weight excluding hydrogens is 224 g/mol. The molecule has 2 heteroatoms. The lowest BCUT2D eigenvalue weighted by Crippen LogP contribution is -2.00. The molecule has 0 aliphatic heterocycles. The van der Waals surface area contributed by atoms with Crippen LogP contribution in [0.25, 0.3) is 0 Å². The van der Waals surface area contributed by atoms with Crippen molar-refractivity contribution in [2.75, 3.05) is 20.3 Å². The van der Waals surface area contributed by atoms with Gasteiger partial charge in [0, 0.05) is 6.61 Å². The molecule has 2 nitrogen and oxygen atoms in total. The van der Waals surface area contributed by atoms with E-state index >= 15 is 0 Å². The zero-order chi connectivity index (χ0) is 13.1. The fourth-order valence-corrected chi connectivity index (χ4v) is 1.82. The summed E-state index contributed by atoms with van der Waals surface area (Å²) >= 11 is 0. The highest BCUT2D eigenvalue weighted by Crippen LogP contribution is 2.11. The first-order chi connectivity index (χ1) is 8.86. The van der Waals surface area contributed by atoms with Gasteiger partial charge in [0.25, 0.3) is 0 Å². The van der Waals surface area contributed by atoms with E-state index in [4.69, 9.17) is 9.47 Å². The van der Waals surface area contributed by atoms with E-state index in [2.05, 4.69) is 19.1 Å². The fraction of sp³-hybridized carbons (Fsp3) is 0.562. The van der Waals surface area contributed by atoms with Crippen molar-refractivity contribution in [1.82, 2.24) is 0 Å². The molecule has 0 saturated carbocycles. The Morgan fingerprint density at radius 2 is 1.67 bits per heavy atom. The van der Waals surface area contributed by atoms with Crippen molar-refractivity contribution in [2.45, 2.75) is 38.5 Å². The first-order valence-electron chi connectivity index (χ1n) is 6.86. The first-order valence-corrected chi connectivity index (χ1v) is 6.86. The van der Waals surface area contributed by atoms with Gasteiger partial charge in [-0.2, -0.15) is 0 Å². The summed E-state index contributed by atoms with van der Waals surface area (Å²) in [6.45, 7) is 5.53. The second-order valence-electron chi connectivity index (χ2n) is 4.48. The number of hydrogen-bond donors (Lipinski definition) is 0. The minimum absolute atomic E-state index is 0.807. The molecule has 0 fully saturated rings. The third-order valence-electron chi connectivity index (χ3n) is 2.98. The molecule has 0 spiro atoms. The summed E-state index contributed by atoms with van der Waals surface area (Å²) in [7, 11) is 1.69. The molecule has 101 valence electrons. The van der Waals surface area contributed by atoms with Gasteiger partial charge >= 0.3 is 0 Å². The van der Waals surface area contributed by atoms with Gasteiger partial charge in [-0.05, 0) is 30.5 Å². The highest BCUT2D eigenvalue weighted by Gasteiger charge is 1.95. The lowest BCUT2D eigenvalue weighted by molar-refractivity contribution is 0.133. The van der Waals surface area contributed by atoms with Gasteiger partial charge in [0.05, 0.1) is 13.7 Å². The van der Waals surface area contributed by atoms with E-state index < -0.39 is 0 Å². The van der Waals surface area contributed by atoms with Gasteiger partial charge in [0.1, 0.15) is 5.75 Å². The predicted octanol–water partition coefficient (Wildman–Crippen LogP) is 4.04. The number of unbranched alkanes of at least 4 members (excludes halogenated alkanes) is 4. The van der Waals surface area contributed by atoms with Gasteiger partial charge in [-0.1, -0.05) is 44.7 Å². The quantitative estimate of drug-likeness (QED) is 0.583. The summed E-state index contributed by atoms with van der Waals surface area (Å²) in [4.78, 5) is 0. The standard InChI is InChI=1S/C16H25O2/c1-3-4-5-6-7-13-18-14-12-15-8-10-16(17-2)11-9-15/h8-11H,1,3-7,12-14H2,2H3. The lowest BCUT2D eigenvalue weighted by Gasteiger charge is -2.05. The summed E-state index contributed by atoms with van der Waals surface area (Å²) in [5.74, 6) is 0.907. The monoisotopic (exact) mass is 249 g/mol. The summed E-state index contributed by atoms with van der Waals surface area (Å²) in [5.41, 5.74) is 1.30. The Bertz CT molecular complexity index is 292. The number of ether oxygens (including phenoxy) is 2. The Labute approximate surface area is 111 Å². The maximum atomic E-state index is 5.63. The molecule has 0 aliphatic rings. The van der Waals surface area contributed by atoms with E-state index in [1.807, 2.05) is 12.1 Å². The highest BCUT2D eigenvalue weighted by atomic mass is 16.5. The number of methoxy groups -OCH3 is 1. The Balaban J connectivity index is 2.00. The molecular formula is C16H25O2. The van der Waals surface area contributed by atoms with Crippen molar-refractivity contribution in [2.24, 2.45) is 0 Å². The molecule has 0 aromatic heterocycles. The van der Waals surface area contributed by atoms with Crippen LogP contribution in [0.15, 0.2) is 24.3 Å². The molecule has 1 radical (unpaired) electrons. The van der Waals surface area contributed by atoms with Crippen molar-refractivity contribution in [3.63, 3.8) is 0 Å². The minimum Gasteiger partial charge on any atom is -0.497 e. The normalized spacial score (nSPS) is 10.6. The van der Waals surface area contributed by atoms with Crippen LogP contribution in [0.1, 0.15) is 37.7 Å². The summed E-state index contributed by atoms with van der Waals surface area (Å²) < 4.78 is 10.8. The van der Waals surface area contributed by atoms with Crippen LogP contribution in [0.2, 0.25) is 0 Å². The van der Waals surface area contributed by atoms with Crippen LogP contribution >= 0.6 is 0 Å². The molecule has 1 aromatic rings. The molecule has 0 bridgehead atoms. The zero-order valence-corrected chi connectivity index (χ0v) is 11.5. The smallest absolute Gasteiger partial charge is 0.118 e. The van der Waals surface area contributed by atoms with Gasteiger partial charge in [-0.15, -0.1) is 0 Å². The minimum atomic E-state index is 0.807. The maximum Gasteiger partial charge on any atom is 0.118 e. The third-order valence-corrected chi connectivity index (χ3v) is 2.98. The SMILES string of the molecule is [CH2]CCCCCCOCCc1ccc(OC)cc1. The molecule has 18 heavy (non-hydrogen) atoms. The van der Waals surface area contributed by atoms with Crippen molar-refractivity contribution in [1.29, 1.82) is 0 Å². The second-order valence-corrected chi connectivity index (χ2v) is 4.48. The Morgan fingerprint density at radius 1 is 0.944 bits per heavy atom. The molecule has 0 saturated heterocycles. The van der Waals surface area contributed by atoms with Gasteiger partial charge in [-0.25, -0.2) is 0 Å². The van der Waals surface area contributed by atoms with Crippen molar-refractivity contribution < 1.29 is 9.47 Å². The van der Waals surface area contributed by atoms with Crippen molar-refractivity contribution in [3.05, 3.63) is 36.8 Å². The Hall–Kier alpha value is -1.02. The highest BCUT2D eigenvalue weighted by molar-refractivity contribution is 5.27. The van der Waals surface area contributed by atoms with Gasteiger partial charge in [0.15, 0.2) is 0 Å². The Morgan fingerprint density at radius 3 is 2.33 bits per heavy atom. The van der Waals surface area contributed by atoms with E-state index in [0.29, 0.717) is 0 Å². The molecule has 0 heterocycles. The third kappa shape index (κ3) is 6.65. The second kappa shape index (κ2) is 9.95. The van der Waals surface area contributed by atoms with E-state index in [0.717, 1.165) is 31.8 Å². The number of benzene rings is 1. The number of hydrogen-bond acceptors (Lipinski definition) is 2.